The van der Waals surface area contributed by atoms with E-state index in [1.54, 1.807) is 7.11 Å². The van der Waals surface area contributed by atoms with Crippen molar-refractivity contribution < 1.29 is 9.15 Å². The number of hydrogen-bond donors (Lipinski definition) is 1. The van der Waals surface area contributed by atoms with Crippen LogP contribution in [0.3, 0.4) is 0 Å². The molecule has 17 heavy (non-hydrogen) atoms. The van der Waals surface area contributed by atoms with Crippen molar-refractivity contribution in [3.05, 3.63) is 27.9 Å². The number of halogens is 1. The lowest BCUT2D eigenvalue weighted by Gasteiger charge is -2.02. The first-order chi connectivity index (χ1) is 8.24. The van der Waals surface area contributed by atoms with Crippen molar-refractivity contribution in [1.82, 2.24) is 0 Å². The first-order valence-corrected chi connectivity index (χ1v) is 6.52. The monoisotopic (exact) mass is 295 g/mol. The molecule has 0 aliphatic heterocycles. The summed E-state index contributed by atoms with van der Waals surface area (Å²) < 4.78 is 12.1. The molecule has 1 aliphatic carbocycles. The van der Waals surface area contributed by atoms with Crippen LogP contribution in [0.5, 0.6) is 5.75 Å². The fourth-order valence-electron chi connectivity index (χ4n) is 2.29. The molecule has 1 aromatic carbocycles. The lowest BCUT2D eigenvalue weighted by Crippen LogP contribution is -1.97. The molecule has 0 bridgehead atoms. The topological polar surface area (TPSA) is 48.4 Å². The second-order valence-corrected chi connectivity index (χ2v) is 5.26. The highest BCUT2D eigenvalue weighted by Gasteiger charge is 2.31. The van der Waals surface area contributed by atoms with Gasteiger partial charge in [0.1, 0.15) is 17.1 Å². The molecule has 3 nitrogen and oxygen atoms in total. The predicted molar refractivity (Wildman–Crippen MR) is 70.3 cm³/mol. The van der Waals surface area contributed by atoms with Gasteiger partial charge >= 0.3 is 0 Å². The van der Waals surface area contributed by atoms with Crippen LogP contribution in [0.4, 0.5) is 0 Å². The minimum Gasteiger partial charge on any atom is -0.497 e. The highest BCUT2D eigenvalue weighted by Crippen LogP contribution is 2.47. The summed E-state index contributed by atoms with van der Waals surface area (Å²) in [5.41, 5.74) is 7.92. The van der Waals surface area contributed by atoms with Gasteiger partial charge in [-0.25, -0.2) is 0 Å². The molecule has 0 atom stereocenters. The van der Waals surface area contributed by atoms with Crippen LogP contribution < -0.4 is 10.5 Å². The number of nitrogens with two attached hydrogens (primary N) is 1. The van der Waals surface area contributed by atoms with Gasteiger partial charge in [-0.15, -0.1) is 0 Å². The summed E-state index contributed by atoms with van der Waals surface area (Å²) in [5, 5.41) is 1.14. The Kier molecular flexibility index (Phi) is 2.64. The van der Waals surface area contributed by atoms with E-state index in [0.717, 1.165) is 27.0 Å². The van der Waals surface area contributed by atoms with Crippen molar-refractivity contribution in [3.8, 4) is 5.75 Å². The average molecular weight is 296 g/mol. The van der Waals surface area contributed by atoms with E-state index in [1.807, 2.05) is 12.1 Å². The molecule has 0 spiro atoms. The van der Waals surface area contributed by atoms with Crippen molar-refractivity contribution in [3.63, 3.8) is 0 Å². The average Bonchev–Trinajstić information content (AvgIpc) is 3.09. The Morgan fingerprint density at radius 2 is 2.24 bits per heavy atom. The minimum atomic E-state index is 0.454. The van der Waals surface area contributed by atoms with Gasteiger partial charge in [0.25, 0.3) is 0 Å². The number of hydrogen-bond acceptors (Lipinski definition) is 3. The number of methoxy groups -OCH3 is 1. The van der Waals surface area contributed by atoms with Crippen LogP contribution in [0, 0.1) is 0 Å². The van der Waals surface area contributed by atoms with Gasteiger partial charge in [0.05, 0.1) is 18.1 Å². The Labute approximate surface area is 108 Å². The highest BCUT2D eigenvalue weighted by molar-refractivity contribution is 9.10. The van der Waals surface area contributed by atoms with Crippen molar-refractivity contribution in [2.75, 3.05) is 7.11 Å². The molecule has 90 valence electrons. The molecule has 2 N–H and O–H groups in total. The fourth-order valence-corrected chi connectivity index (χ4v) is 2.81. The Morgan fingerprint density at radius 3 is 2.82 bits per heavy atom. The van der Waals surface area contributed by atoms with Gasteiger partial charge in [-0.3, -0.25) is 0 Å². The molecule has 0 radical (unpaired) electrons. The van der Waals surface area contributed by atoms with Crippen LogP contribution in [0.25, 0.3) is 11.0 Å². The maximum absolute atomic E-state index is 5.85. The molecule has 4 heteroatoms. The smallest absolute Gasteiger partial charge is 0.149 e. The molecule has 0 saturated heterocycles. The van der Waals surface area contributed by atoms with E-state index in [0.29, 0.717) is 12.5 Å². The largest absolute Gasteiger partial charge is 0.497 e. The third-order valence-corrected chi connectivity index (χ3v) is 3.83. The molecule has 1 aliphatic rings. The van der Waals surface area contributed by atoms with Gasteiger partial charge < -0.3 is 14.9 Å². The van der Waals surface area contributed by atoms with Gasteiger partial charge in [-0.2, -0.15) is 0 Å². The number of fused-ring (bicyclic) bond motifs is 1. The van der Waals surface area contributed by atoms with E-state index >= 15 is 0 Å². The summed E-state index contributed by atoms with van der Waals surface area (Å²) in [6.45, 7) is 0.454. The SMILES string of the molecule is COc1cc(Br)c2oc(CN)c(C3CC3)c2c1. The molecule has 3 rings (SSSR count). The van der Waals surface area contributed by atoms with Crippen LogP contribution in [0.15, 0.2) is 21.0 Å². The Balaban J connectivity index is 2.30. The van der Waals surface area contributed by atoms with Gasteiger partial charge in [-0.05, 0) is 46.8 Å². The summed E-state index contributed by atoms with van der Waals surface area (Å²) in [5.74, 6) is 2.38. The van der Waals surface area contributed by atoms with E-state index in [4.69, 9.17) is 14.9 Å². The molecule has 2 aromatic rings. The molecule has 0 amide bonds. The Bertz CT molecular complexity index is 572. The van der Waals surface area contributed by atoms with E-state index in [1.165, 1.54) is 18.4 Å². The quantitative estimate of drug-likeness (QED) is 0.942. The van der Waals surface area contributed by atoms with E-state index in [-0.39, 0.29) is 0 Å². The van der Waals surface area contributed by atoms with Crippen molar-refractivity contribution in [1.29, 1.82) is 0 Å². The molecule has 1 fully saturated rings. The predicted octanol–water partition coefficient (Wildman–Crippen LogP) is 3.54. The van der Waals surface area contributed by atoms with Gasteiger partial charge in [0.2, 0.25) is 0 Å². The molecule has 0 unspecified atom stereocenters. The zero-order valence-electron chi connectivity index (χ0n) is 9.63. The van der Waals surface area contributed by atoms with Crippen LogP contribution in [0.1, 0.15) is 30.1 Å². The van der Waals surface area contributed by atoms with Gasteiger partial charge in [0, 0.05) is 10.9 Å². The minimum absolute atomic E-state index is 0.454. The summed E-state index contributed by atoms with van der Waals surface area (Å²) in [7, 11) is 1.67. The highest BCUT2D eigenvalue weighted by atomic mass is 79.9. The van der Waals surface area contributed by atoms with E-state index < -0.39 is 0 Å². The van der Waals surface area contributed by atoms with Crippen LogP contribution in [-0.4, -0.2) is 7.11 Å². The van der Waals surface area contributed by atoms with Gasteiger partial charge in [-0.1, -0.05) is 0 Å². The number of ether oxygens (including phenoxy) is 1. The first kappa shape index (κ1) is 11.1. The fraction of sp³-hybridized carbons (Fsp3) is 0.385. The normalized spacial score (nSPS) is 15.5. The Morgan fingerprint density at radius 1 is 1.47 bits per heavy atom. The van der Waals surface area contributed by atoms with Crippen LogP contribution in [0.2, 0.25) is 0 Å². The second kappa shape index (κ2) is 4.03. The molecular formula is C13H14BrNO2. The van der Waals surface area contributed by atoms with E-state index in [9.17, 15) is 0 Å². The van der Waals surface area contributed by atoms with Crippen LogP contribution in [-0.2, 0) is 6.54 Å². The second-order valence-electron chi connectivity index (χ2n) is 4.40. The molecule has 1 saturated carbocycles. The standard InChI is InChI=1S/C13H14BrNO2/c1-16-8-4-9-12(7-2-3-7)11(6-15)17-13(9)10(14)5-8/h4-5,7H,2-3,6,15H2,1H3. The zero-order valence-corrected chi connectivity index (χ0v) is 11.2. The van der Waals surface area contributed by atoms with Crippen molar-refractivity contribution >= 4 is 26.9 Å². The summed E-state index contributed by atoms with van der Waals surface area (Å²) in [6.07, 6.45) is 2.47. The number of rotatable bonds is 3. The Hall–Kier alpha value is -1.00. The summed E-state index contributed by atoms with van der Waals surface area (Å²) >= 11 is 3.52. The van der Waals surface area contributed by atoms with Crippen LogP contribution >= 0.6 is 15.9 Å². The van der Waals surface area contributed by atoms with Crippen molar-refractivity contribution in [2.24, 2.45) is 5.73 Å². The molecule has 1 heterocycles. The molecular weight excluding hydrogens is 282 g/mol. The zero-order chi connectivity index (χ0) is 12.0. The lowest BCUT2D eigenvalue weighted by atomic mass is 10.1. The van der Waals surface area contributed by atoms with Gasteiger partial charge in [0.15, 0.2) is 0 Å². The summed E-state index contributed by atoms with van der Waals surface area (Å²) in [6, 6.07) is 3.96. The first-order valence-electron chi connectivity index (χ1n) is 5.73. The van der Waals surface area contributed by atoms with E-state index in [2.05, 4.69) is 15.9 Å². The maximum Gasteiger partial charge on any atom is 0.149 e. The maximum atomic E-state index is 5.85. The number of furan rings is 1. The third kappa shape index (κ3) is 1.76. The number of benzene rings is 1. The third-order valence-electron chi connectivity index (χ3n) is 3.24. The van der Waals surface area contributed by atoms with Crippen molar-refractivity contribution in [2.45, 2.75) is 25.3 Å². The summed E-state index contributed by atoms with van der Waals surface area (Å²) in [4.78, 5) is 0. The molecule has 1 aromatic heterocycles. The lowest BCUT2D eigenvalue weighted by molar-refractivity contribution is 0.415.